The van der Waals surface area contributed by atoms with Crippen molar-refractivity contribution in [2.75, 3.05) is 5.32 Å². The second kappa shape index (κ2) is 5.09. The number of rotatable bonds is 3. The zero-order valence-electron chi connectivity index (χ0n) is 10.5. The highest BCUT2D eigenvalue weighted by molar-refractivity contribution is 6.30. The van der Waals surface area contributed by atoms with Crippen LogP contribution in [0.2, 0.25) is 5.02 Å². The Labute approximate surface area is 120 Å². The normalized spacial score (nSPS) is 16.8. The molecule has 1 aromatic carbocycles. The second-order valence-corrected chi connectivity index (χ2v) is 5.20. The third-order valence-corrected chi connectivity index (χ3v) is 3.57. The van der Waals surface area contributed by atoms with E-state index in [0.717, 1.165) is 17.9 Å². The molecule has 6 heteroatoms. The van der Waals surface area contributed by atoms with E-state index in [1.165, 1.54) is 23.5 Å². The molecule has 1 aliphatic rings. The molecule has 1 aliphatic carbocycles. The van der Waals surface area contributed by atoms with Crippen LogP contribution in [0.4, 0.5) is 5.95 Å². The number of nitrogens with one attached hydrogen (secondary N) is 1. The van der Waals surface area contributed by atoms with Gasteiger partial charge in [-0.3, -0.25) is 0 Å². The van der Waals surface area contributed by atoms with Crippen molar-refractivity contribution in [3.8, 4) is 0 Å². The lowest BCUT2D eigenvalue weighted by Crippen LogP contribution is -2.21. The number of carboxylic acid groups (broad SMARTS) is 1. The van der Waals surface area contributed by atoms with Crippen LogP contribution in [0.3, 0.4) is 0 Å². The number of aromatic nitrogens is 2. The maximum Gasteiger partial charge on any atom is 0.338 e. The maximum atomic E-state index is 10.7. The van der Waals surface area contributed by atoms with Gasteiger partial charge in [-0.1, -0.05) is 17.7 Å². The lowest BCUT2D eigenvalue weighted by atomic mass is 10.1. The molecule has 0 spiro atoms. The molecule has 3 rings (SSSR count). The maximum absolute atomic E-state index is 10.7. The first-order valence-corrected chi connectivity index (χ1v) is 6.59. The Morgan fingerprint density at radius 1 is 1.25 bits per heavy atom. The van der Waals surface area contributed by atoms with Crippen molar-refractivity contribution in [3.05, 3.63) is 52.3 Å². The fourth-order valence-corrected chi connectivity index (χ4v) is 2.58. The van der Waals surface area contributed by atoms with Crippen LogP contribution in [0.1, 0.15) is 21.5 Å². The van der Waals surface area contributed by atoms with E-state index in [4.69, 9.17) is 16.7 Å². The van der Waals surface area contributed by atoms with Crippen LogP contribution >= 0.6 is 11.6 Å². The molecule has 0 unspecified atom stereocenters. The predicted molar refractivity (Wildman–Crippen MR) is 75.3 cm³/mol. The van der Waals surface area contributed by atoms with E-state index in [0.29, 0.717) is 5.95 Å². The van der Waals surface area contributed by atoms with Gasteiger partial charge in [-0.15, -0.1) is 0 Å². The SMILES string of the molecule is O=C(O)c1cnc(N[C@@H]2Cc3ccc(Cl)cc3C2)nc1. The smallest absolute Gasteiger partial charge is 0.338 e. The number of hydrogen-bond donors (Lipinski definition) is 2. The average Bonchev–Trinajstić information content (AvgIpc) is 2.80. The van der Waals surface area contributed by atoms with Gasteiger partial charge in [0.1, 0.15) is 0 Å². The number of halogens is 1. The van der Waals surface area contributed by atoms with Crippen molar-refractivity contribution < 1.29 is 9.90 Å². The van der Waals surface area contributed by atoms with Gasteiger partial charge in [-0.25, -0.2) is 14.8 Å². The minimum atomic E-state index is -1.03. The number of aromatic carboxylic acids is 1. The molecule has 1 atom stereocenters. The molecule has 1 aromatic heterocycles. The van der Waals surface area contributed by atoms with Gasteiger partial charge in [-0.2, -0.15) is 0 Å². The lowest BCUT2D eigenvalue weighted by Gasteiger charge is -2.11. The van der Waals surface area contributed by atoms with Gasteiger partial charge in [0.2, 0.25) is 5.95 Å². The summed E-state index contributed by atoms with van der Waals surface area (Å²) in [5.41, 5.74) is 2.59. The average molecular weight is 290 g/mol. The second-order valence-electron chi connectivity index (χ2n) is 4.76. The lowest BCUT2D eigenvalue weighted by molar-refractivity contribution is 0.0696. The van der Waals surface area contributed by atoms with Crippen LogP contribution in [0, 0.1) is 0 Å². The summed E-state index contributed by atoms with van der Waals surface area (Å²) >= 11 is 5.98. The highest BCUT2D eigenvalue weighted by Crippen LogP contribution is 2.26. The fraction of sp³-hybridized carbons (Fsp3) is 0.214. The molecule has 2 aromatic rings. The zero-order chi connectivity index (χ0) is 14.1. The summed E-state index contributed by atoms with van der Waals surface area (Å²) in [6.45, 7) is 0. The summed E-state index contributed by atoms with van der Waals surface area (Å²) < 4.78 is 0. The van der Waals surface area contributed by atoms with Crippen molar-refractivity contribution in [2.45, 2.75) is 18.9 Å². The number of nitrogens with zero attached hydrogens (tertiary/aromatic N) is 2. The molecule has 2 N–H and O–H groups in total. The Kier molecular flexibility index (Phi) is 3.28. The first-order valence-electron chi connectivity index (χ1n) is 6.21. The van der Waals surface area contributed by atoms with Crippen LogP contribution in [-0.4, -0.2) is 27.1 Å². The number of fused-ring (bicyclic) bond motifs is 1. The summed E-state index contributed by atoms with van der Waals surface area (Å²) in [5, 5.41) is 12.7. The highest BCUT2D eigenvalue weighted by atomic mass is 35.5. The first-order chi connectivity index (χ1) is 9.61. The van der Waals surface area contributed by atoms with E-state index >= 15 is 0 Å². The summed E-state index contributed by atoms with van der Waals surface area (Å²) in [6, 6.07) is 6.11. The quantitative estimate of drug-likeness (QED) is 0.907. The molecule has 1 heterocycles. The summed E-state index contributed by atoms with van der Waals surface area (Å²) in [4.78, 5) is 18.8. The highest BCUT2D eigenvalue weighted by Gasteiger charge is 2.22. The van der Waals surface area contributed by atoms with Crippen LogP contribution in [0.5, 0.6) is 0 Å². The van der Waals surface area contributed by atoms with Crippen LogP contribution in [-0.2, 0) is 12.8 Å². The number of benzene rings is 1. The van der Waals surface area contributed by atoms with E-state index < -0.39 is 5.97 Å². The van der Waals surface area contributed by atoms with Gasteiger partial charge in [0.05, 0.1) is 5.56 Å². The summed E-state index contributed by atoms with van der Waals surface area (Å²) in [5.74, 6) is -0.585. The molecule has 5 nitrogen and oxygen atoms in total. The first kappa shape index (κ1) is 12.9. The molecule has 0 saturated heterocycles. The van der Waals surface area contributed by atoms with Gasteiger partial charge in [0.25, 0.3) is 0 Å². The zero-order valence-corrected chi connectivity index (χ0v) is 11.3. The number of carboxylic acids is 1. The van der Waals surface area contributed by atoms with E-state index in [1.807, 2.05) is 18.2 Å². The fourth-order valence-electron chi connectivity index (χ4n) is 2.38. The van der Waals surface area contributed by atoms with Crippen LogP contribution in [0.15, 0.2) is 30.6 Å². The van der Waals surface area contributed by atoms with Crippen molar-refractivity contribution in [3.63, 3.8) is 0 Å². The Morgan fingerprint density at radius 3 is 2.65 bits per heavy atom. The minimum absolute atomic E-state index is 0.0806. The van der Waals surface area contributed by atoms with E-state index in [-0.39, 0.29) is 11.6 Å². The number of carbonyl (C=O) groups is 1. The molecular formula is C14H12ClN3O2. The van der Waals surface area contributed by atoms with E-state index in [9.17, 15) is 4.79 Å². The Balaban J connectivity index is 1.70. The number of hydrogen-bond acceptors (Lipinski definition) is 4. The van der Waals surface area contributed by atoms with Crippen LogP contribution < -0.4 is 5.32 Å². The van der Waals surface area contributed by atoms with Gasteiger partial charge < -0.3 is 10.4 Å². The molecule has 102 valence electrons. The monoisotopic (exact) mass is 289 g/mol. The largest absolute Gasteiger partial charge is 0.478 e. The third-order valence-electron chi connectivity index (χ3n) is 3.33. The van der Waals surface area contributed by atoms with Gasteiger partial charge >= 0.3 is 5.97 Å². The summed E-state index contributed by atoms with van der Waals surface area (Å²) in [7, 11) is 0. The van der Waals surface area contributed by atoms with Gasteiger partial charge in [-0.05, 0) is 36.1 Å². The molecule has 0 bridgehead atoms. The van der Waals surface area contributed by atoms with Crippen LogP contribution in [0.25, 0.3) is 0 Å². The Morgan fingerprint density at radius 2 is 1.95 bits per heavy atom. The topological polar surface area (TPSA) is 75.1 Å². The number of anilines is 1. The van der Waals surface area contributed by atoms with Crippen molar-refractivity contribution in [1.82, 2.24) is 9.97 Å². The molecule has 0 radical (unpaired) electrons. The Bertz CT molecular complexity index is 658. The van der Waals surface area contributed by atoms with Crippen molar-refractivity contribution in [1.29, 1.82) is 0 Å². The summed E-state index contributed by atoms with van der Waals surface area (Å²) in [6.07, 6.45) is 4.35. The molecule has 0 fully saturated rings. The molecule has 0 saturated carbocycles. The third kappa shape index (κ3) is 2.58. The standard InChI is InChI=1S/C14H12ClN3O2/c15-11-2-1-8-4-12(5-9(8)3-11)18-14-16-6-10(7-17-14)13(19)20/h1-3,6-7,12H,4-5H2,(H,19,20)(H,16,17,18)/t12-/m1/s1. The van der Waals surface area contributed by atoms with Gasteiger partial charge in [0, 0.05) is 23.5 Å². The molecular weight excluding hydrogens is 278 g/mol. The minimum Gasteiger partial charge on any atom is -0.478 e. The predicted octanol–water partition coefficient (Wildman–Crippen LogP) is 2.41. The molecule has 20 heavy (non-hydrogen) atoms. The van der Waals surface area contributed by atoms with E-state index in [1.54, 1.807) is 0 Å². The Hall–Kier alpha value is -2.14. The van der Waals surface area contributed by atoms with E-state index in [2.05, 4.69) is 15.3 Å². The molecule has 0 aliphatic heterocycles. The van der Waals surface area contributed by atoms with Crippen molar-refractivity contribution >= 4 is 23.5 Å². The van der Waals surface area contributed by atoms with Crippen molar-refractivity contribution in [2.24, 2.45) is 0 Å². The van der Waals surface area contributed by atoms with Gasteiger partial charge in [0.15, 0.2) is 0 Å². The molecule has 0 amide bonds.